The van der Waals surface area contributed by atoms with Crippen molar-refractivity contribution in [2.75, 3.05) is 0 Å². The van der Waals surface area contributed by atoms with Gasteiger partial charge in [0.05, 0.1) is 11.7 Å². The van der Waals surface area contributed by atoms with E-state index in [0.29, 0.717) is 12.1 Å². The molecule has 2 aromatic rings. The number of hydrogen-bond donors (Lipinski definition) is 1. The van der Waals surface area contributed by atoms with Crippen LogP contribution in [-0.2, 0) is 12.1 Å². The van der Waals surface area contributed by atoms with Crippen molar-refractivity contribution in [2.24, 2.45) is 0 Å². The minimum Gasteiger partial charge on any atom is -0.491 e. The summed E-state index contributed by atoms with van der Waals surface area (Å²) in [7, 11) is 0. The lowest BCUT2D eigenvalue weighted by Gasteiger charge is -2.44. The van der Waals surface area contributed by atoms with E-state index in [1.807, 2.05) is 38.1 Å². The minimum absolute atomic E-state index is 0.168. The number of piperidine rings is 1. The van der Waals surface area contributed by atoms with Crippen molar-refractivity contribution in [1.82, 2.24) is 4.90 Å². The van der Waals surface area contributed by atoms with Gasteiger partial charge in [0.15, 0.2) is 0 Å². The second-order valence-corrected chi connectivity index (χ2v) is 8.17. The summed E-state index contributed by atoms with van der Waals surface area (Å²) < 4.78 is 5.74. The van der Waals surface area contributed by atoms with Gasteiger partial charge in [-0.2, -0.15) is 0 Å². The van der Waals surface area contributed by atoms with Crippen LogP contribution in [0.5, 0.6) is 5.75 Å². The van der Waals surface area contributed by atoms with E-state index in [-0.39, 0.29) is 6.10 Å². The third kappa shape index (κ3) is 3.51. The molecule has 2 aliphatic rings. The quantitative estimate of drug-likeness (QED) is 0.861. The number of hydrogen-bond acceptors (Lipinski definition) is 3. The maximum absolute atomic E-state index is 11.4. The van der Waals surface area contributed by atoms with Crippen molar-refractivity contribution in [2.45, 2.75) is 69.9 Å². The Morgan fingerprint density at radius 1 is 1.00 bits per heavy atom. The van der Waals surface area contributed by atoms with E-state index in [1.54, 1.807) is 0 Å². The second kappa shape index (κ2) is 7.05. The van der Waals surface area contributed by atoms with Crippen LogP contribution in [0, 0.1) is 0 Å². The highest BCUT2D eigenvalue weighted by Gasteiger charge is 2.48. The molecule has 0 aromatic heterocycles. The Morgan fingerprint density at radius 2 is 1.62 bits per heavy atom. The summed E-state index contributed by atoms with van der Waals surface area (Å²) in [5.74, 6) is 0.872. The zero-order valence-electron chi connectivity index (χ0n) is 15.8. The highest BCUT2D eigenvalue weighted by molar-refractivity contribution is 5.32. The van der Waals surface area contributed by atoms with Crippen LogP contribution in [0.2, 0.25) is 0 Å². The molecule has 2 bridgehead atoms. The van der Waals surface area contributed by atoms with E-state index >= 15 is 0 Å². The number of benzene rings is 2. The first kappa shape index (κ1) is 17.6. The van der Waals surface area contributed by atoms with E-state index in [2.05, 4.69) is 35.2 Å². The van der Waals surface area contributed by atoms with Crippen LogP contribution in [-0.4, -0.2) is 28.2 Å². The molecule has 2 fully saturated rings. The van der Waals surface area contributed by atoms with Gasteiger partial charge in [0.2, 0.25) is 0 Å². The molecule has 2 unspecified atom stereocenters. The van der Waals surface area contributed by atoms with Gasteiger partial charge in [0.1, 0.15) is 5.75 Å². The van der Waals surface area contributed by atoms with Crippen LogP contribution in [0.3, 0.4) is 0 Å². The molecule has 4 rings (SSSR count). The van der Waals surface area contributed by atoms with Crippen LogP contribution in [0.4, 0.5) is 0 Å². The smallest absolute Gasteiger partial charge is 0.119 e. The average molecular weight is 351 g/mol. The highest BCUT2D eigenvalue weighted by atomic mass is 16.5. The van der Waals surface area contributed by atoms with Gasteiger partial charge >= 0.3 is 0 Å². The Labute approximate surface area is 156 Å². The Bertz CT molecular complexity index is 712. The molecular weight excluding hydrogens is 322 g/mol. The Balaban J connectivity index is 1.48. The maximum Gasteiger partial charge on any atom is 0.119 e. The van der Waals surface area contributed by atoms with Crippen LogP contribution in [0.25, 0.3) is 0 Å². The number of nitrogens with zero attached hydrogens (tertiary/aromatic N) is 1. The van der Waals surface area contributed by atoms with Crippen molar-refractivity contribution in [1.29, 1.82) is 0 Å². The van der Waals surface area contributed by atoms with Crippen LogP contribution in [0.15, 0.2) is 54.6 Å². The van der Waals surface area contributed by atoms with Gasteiger partial charge in [-0.15, -0.1) is 0 Å². The first-order chi connectivity index (χ1) is 12.5. The van der Waals surface area contributed by atoms with E-state index in [4.69, 9.17) is 4.74 Å². The molecule has 2 aromatic carbocycles. The van der Waals surface area contributed by atoms with Crippen molar-refractivity contribution >= 4 is 0 Å². The van der Waals surface area contributed by atoms with E-state index in [0.717, 1.165) is 30.7 Å². The Morgan fingerprint density at radius 3 is 2.19 bits per heavy atom. The Kier molecular flexibility index (Phi) is 4.76. The average Bonchev–Trinajstić information content (AvgIpc) is 2.87. The molecule has 0 saturated carbocycles. The predicted octanol–water partition coefficient (Wildman–Crippen LogP) is 4.49. The lowest BCUT2D eigenvalue weighted by molar-refractivity contribution is -0.0595. The summed E-state index contributed by atoms with van der Waals surface area (Å²) in [4.78, 5) is 2.61. The van der Waals surface area contributed by atoms with Crippen LogP contribution < -0.4 is 4.74 Å². The van der Waals surface area contributed by atoms with Crippen molar-refractivity contribution in [3.8, 4) is 5.75 Å². The lowest BCUT2D eigenvalue weighted by Crippen LogP contribution is -2.49. The van der Waals surface area contributed by atoms with Gasteiger partial charge in [-0.3, -0.25) is 4.90 Å². The summed E-state index contributed by atoms with van der Waals surface area (Å²) in [5, 5.41) is 11.4. The summed E-state index contributed by atoms with van der Waals surface area (Å²) in [6.45, 7) is 5.05. The van der Waals surface area contributed by atoms with Gasteiger partial charge in [0, 0.05) is 18.6 Å². The van der Waals surface area contributed by atoms with E-state index < -0.39 is 5.60 Å². The molecule has 3 nitrogen and oxygen atoms in total. The highest BCUT2D eigenvalue weighted by Crippen LogP contribution is 2.46. The lowest BCUT2D eigenvalue weighted by atomic mass is 9.80. The molecule has 26 heavy (non-hydrogen) atoms. The number of rotatable bonds is 5. The molecule has 1 N–H and O–H groups in total. The summed E-state index contributed by atoms with van der Waals surface area (Å²) in [6.07, 6.45) is 4.19. The standard InChI is InChI=1S/C23H29NO2/c1-17(2)26-22-12-8-19(9-13-22)23(25)14-20-10-11-21(15-23)24(20)16-18-6-4-3-5-7-18/h3-9,12-13,17,20-21,25H,10-11,14-16H2,1-2H3. The third-order valence-electron chi connectivity index (χ3n) is 5.89. The van der Waals surface area contributed by atoms with Gasteiger partial charge in [-0.1, -0.05) is 42.5 Å². The summed E-state index contributed by atoms with van der Waals surface area (Å²) in [6, 6.07) is 19.7. The minimum atomic E-state index is -0.713. The first-order valence-corrected chi connectivity index (χ1v) is 9.83. The largest absolute Gasteiger partial charge is 0.491 e. The zero-order valence-corrected chi connectivity index (χ0v) is 15.8. The van der Waals surface area contributed by atoms with Gasteiger partial charge < -0.3 is 9.84 Å². The molecular formula is C23H29NO2. The molecule has 2 heterocycles. The van der Waals surface area contributed by atoms with Crippen molar-refractivity contribution in [3.05, 3.63) is 65.7 Å². The maximum atomic E-state index is 11.4. The Hall–Kier alpha value is -1.84. The zero-order chi connectivity index (χ0) is 18.1. The van der Waals surface area contributed by atoms with Gasteiger partial charge in [0.25, 0.3) is 0 Å². The molecule has 2 aliphatic heterocycles. The summed E-state index contributed by atoms with van der Waals surface area (Å²) in [5.41, 5.74) is 1.69. The molecule has 2 atom stereocenters. The molecule has 0 aliphatic carbocycles. The number of ether oxygens (including phenoxy) is 1. The van der Waals surface area contributed by atoms with E-state index in [9.17, 15) is 5.11 Å². The third-order valence-corrected chi connectivity index (χ3v) is 5.89. The fourth-order valence-electron chi connectivity index (χ4n) is 4.72. The normalized spacial score (nSPS) is 28.5. The van der Waals surface area contributed by atoms with Gasteiger partial charge in [-0.25, -0.2) is 0 Å². The monoisotopic (exact) mass is 351 g/mol. The fourth-order valence-corrected chi connectivity index (χ4v) is 4.72. The molecule has 2 saturated heterocycles. The molecule has 3 heteroatoms. The SMILES string of the molecule is CC(C)Oc1ccc(C2(O)CC3CCC(C2)N3Cc2ccccc2)cc1. The van der Waals surface area contributed by atoms with Crippen LogP contribution in [0.1, 0.15) is 50.7 Å². The molecule has 0 radical (unpaired) electrons. The van der Waals surface area contributed by atoms with Crippen molar-refractivity contribution < 1.29 is 9.84 Å². The fraction of sp³-hybridized carbons (Fsp3) is 0.478. The molecule has 0 amide bonds. The van der Waals surface area contributed by atoms with E-state index in [1.165, 1.54) is 18.4 Å². The number of fused-ring (bicyclic) bond motifs is 2. The predicted molar refractivity (Wildman–Crippen MR) is 104 cm³/mol. The van der Waals surface area contributed by atoms with Crippen LogP contribution >= 0.6 is 0 Å². The van der Waals surface area contributed by atoms with Gasteiger partial charge in [-0.05, 0) is 62.8 Å². The number of aliphatic hydroxyl groups is 1. The molecule has 138 valence electrons. The summed E-state index contributed by atoms with van der Waals surface area (Å²) >= 11 is 0. The second-order valence-electron chi connectivity index (χ2n) is 8.17. The first-order valence-electron chi connectivity index (χ1n) is 9.83. The topological polar surface area (TPSA) is 32.7 Å². The van der Waals surface area contributed by atoms with Crippen molar-refractivity contribution in [3.63, 3.8) is 0 Å². The molecule has 0 spiro atoms.